The van der Waals surface area contributed by atoms with Gasteiger partial charge in [0, 0.05) is 6.07 Å². The fourth-order valence-electron chi connectivity index (χ4n) is 1.55. The molecule has 0 aliphatic carbocycles. The molecule has 0 aromatic heterocycles. The van der Waals surface area contributed by atoms with Crippen molar-refractivity contribution in [2.24, 2.45) is 5.73 Å². The van der Waals surface area contributed by atoms with Crippen molar-refractivity contribution < 1.29 is 13.9 Å². The molecule has 1 unspecified atom stereocenters. The van der Waals surface area contributed by atoms with Crippen LogP contribution in [-0.4, -0.2) is 12.0 Å². The molecule has 0 fully saturated rings. The van der Waals surface area contributed by atoms with Gasteiger partial charge in [0.1, 0.15) is 11.6 Å². The molecule has 1 rings (SSSR count). The van der Waals surface area contributed by atoms with Gasteiger partial charge in [-0.25, -0.2) is 4.39 Å². The van der Waals surface area contributed by atoms with E-state index in [9.17, 15) is 9.18 Å². The third-order valence-corrected chi connectivity index (χ3v) is 2.86. The van der Waals surface area contributed by atoms with E-state index >= 15 is 0 Å². The van der Waals surface area contributed by atoms with E-state index < -0.39 is 17.8 Å². The molecule has 1 atom stereocenters. The van der Waals surface area contributed by atoms with Crippen LogP contribution >= 0.6 is 24.0 Å². The molecule has 0 aliphatic rings. The van der Waals surface area contributed by atoms with E-state index in [1.54, 1.807) is 0 Å². The maximum absolute atomic E-state index is 13.2. The van der Waals surface area contributed by atoms with E-state index in [1.807, 2.05) is 0 Å². The molecule has 0 saturated carbocycles. The predicted molar refractivity (Wildman–Crippen MR) is 76.4 cm³/mol. The Hall–Kier alpha value is -1.00. The smallest absolute Gasteiger partial charge is 0.258 e. The van der Waals surface area contributed by atoms with Gasteiger partial charge < -0.3 is 10.5 Å². The van der Waals surface area contributed by atoms with E-state index in [1.165, 1.54) is 12.1 Å². The molecular formula is C13H18Cl2FNO2. The Bertz CT molecular complexity index is 416. The Labute approximate surface area is 123 Å². The monoisotopic (exact) mass is 309 g/mol. The minimum atomic E-state index is -0.725. The molecule has 19 heavy (non-hydrogen) atoms. The Balaban J connectivity index is 0.00000324. The number of unbranched alkanes of at least 4 members (excludes halogenated alkanes) is 2. The van der Waals surface area contributed by atoms with Gasteiger partial charge in [-0.1, -0.05) is 31.4 Å². The molecule has 0 heterocycles. The van der Waals surface area contributed by atoms with Gasteiger partial charge in [0.15, 0.2) is 6.10 Å². The van der Waals surface area contributed by atoms with Crippen molar-refractivity contribution in [2.75, 3.05) is 0 Å². The van der Waals surface area contributed by atoms with Gasteiger partial charge in [0.05, 0.1) is 5.02 Å². The Morgan fingerprint density at radius 1 is 1.47 bits per heavy atom. The molecule has 0 bridgehead atoms. The highest BCUT2D eigenvalue weighted by atomic mass is 35.5. The number of carbonyl (C=O) groups excluding carboxylic acids is 1. The van der Waals surface area contributed by atoms with Crippen molar-refractivity contribution in [1.82, 2.24) is 0 Å². The zero-order chi connectivity index (χ0) is 13.5. The van der Waals surface area contributed by atoms with Crippen LogP contribution in [0.25, 0.3) is 0 Å². The first kappa shape index (κ1) is 18.0. The first-order valence-electron chi connectivity index (χ1n) is 5.95. The van der Waals surface area contributed by atoms with Crippen LogP contribution in [0.5, 0.6) is 5.75 Å². The predicted octanol–water partition coefficient (Wildman–Crippen LogP) is 3.71. The number of nitrogens with two attached hydrogens (primary N) is 1. The zero-order valence-electron chi connectivity index (χ0n) is 10.7. The minimum Gasteiger partial charge on any atom is -0.481 e. The fraction of sp³-hybridized carbons (Fsp3) is 0.462. The van der Waals surface area contributed by atoms with Crippen LogP contribution in [0.15, 0.2) is 18.2 Å². The highest BCUT2D eigenvalue weighted by Crippen LogP contribution is 2.22. The number of ether oxygens (including phenoxy) is 1. The van der Waals surface area contributed by atoms with Gasteiger partial charge in [0.25, 0.3) is 5.91 Å². The van der Waals surface area contributed by atoms with Crippen LogP contribution in [0, 0.1) is 5.82 Å². The molecule has 0 spiro atoms. The molecule has 0 radical (unpaired) electrons. The van der Waals surface area contributed by atoms with E-state index in [2.05, 4.69) is 6.92 Å². The molecule has 108 valence electrons. The van der Waals surface area contributed by atoms with Crippen molar-refractivity contribution in [2.45, 2.75) is 38.7 Å². The summed E-state index contributed by atoms with van der Waals surface area (Å²) in [5.41, 5.74) is 5.25. The first-order valence-corrected chi connectivity index (χ1v) is 6.33. The van der Waals surface area contributed by atoms with Crippen LogP contribution in [0.4, 0.5) is 4.39 Å². The highest BCUT2D eigenvalue weighted by molar-refractivity contribution is 6.30. The zero-order valence-corrected chi connectivity index (χ0v) is 12.3. The molecule has 3 nitrogen and oxygen atoms in total. The summed E-state index contributed by atoms with van der Waals surface area (Å²) < 4.78 is 18.6. The average Bonchev–Trinajstić information content (AvgIpc) is 2.32. The molecule has 1 amide bonds. The second kappa shape index (κ2) is 8.99. The molecular weight excluding hydrogens is 292 g/mol. The Kier molecular flexibility index (Phi) is 8.52. The number of carbonyl (C=O) groups is 1. The topological polar surface area (TPSA) is 52.3 Å². The number of rotatable bonds is 7. The summed E-state index contributed by atoms with van der Waals surface area (Å²) in [5, 5.41) is 0.0176. The molecule has 2 N–H and O–H groups in total. The standard InChI is InChI=1S/C13H17ClFNO2.ClH/c1-2-3-4-5-12(13(16)17)18-9-6-7-10(14)11(15)8-9;/h6-8,12H,2-5H2,1H3,(H2,16,17);1H. The van der Waals surface area contributed by atoms with Gasteiger partial charge >= 0.3 is 0 Å². The lowest BCUT2D eigenvalue weighted by Crippen LogP contribution is -2.33. The number of amides is 1. The van der Waals surface area contributed by atoms with Crippen molar-refractivity contribution in [3.63, 3.8) is 0 Å². The summed E-state index contributed by atoms with van der Waals surface area (Å²) in [6.45, 7) is 2.06. The van der Waals surface area contributed by atoms with Crippen molar-refractivity contribution in [3.8, 4) is 5.75 Å². The number of hydrogen-bond donors (Lipinski definition) is 1. The second-order valence-corrected chi connectivity index (χ2v) is 4.49. The van der Waals surface area contributed by atoms with Crippen molar-refractivity contribution in [1.29, 1.82) is 0 Å². The van der Waals surface area contributed by atoms with E-state index in [-0.39, 0.29) is 23.2 Å². The highest BCUT2D eigenvalue weighted by Gasteiger charge is 2.17. The lowest BCUT2D eigenvalue weighted by atomic mass is 10.1. The Morgan fingerprint density at radius 3 is 2.68 bits per heavy atom. The van der Waals surface area contributed by atoms with E-state index in [0.717, 1.165) is 25.3 Å². The van der Waals surface area contributed by atoms with Gasteiger partial charge in [0.2, 0.25) is 0 Å². The van der Waals surface area contributed by atoms with Gasteiger partial charge in [-0.05, 0) is 25.0 Å². The van der Waals surface area contributed by atoms with E-state index in [0.29, 0.717) is 6.42 Å². The molecule has 0 saturated heterocycles. The second-order valence-electron chi connectivity index (χ2n) is 4.08. The van der Waals surface area contributed by atoms with Gasteiger partial charge in [-0.3, -0.25) is 4.79 Å². The molecule has 1 aromatic rings. The van der Waals surface area contributed by atoms with Crippen molar-refractivity contribution >= 4 is 29.9 Å². The average molecular weight is 310 g/mol. The largest absolute Gasteiger partial charge is 0.481 e. The summed E-state index contributed by atoms with van der Waals surface area (Å²) in [6.07, 6.45) is 2.70. The summed E-state index contributed by atoms with van der Waals surface area (Å²) in [7, 11) is 0. The quantitative estimate of drug-likeness (QED) is 0.780. The molecule has 6 heteroatoms. The van der Waals surface area contributed by atoms with Gasteiger partial charge in [-0.2, -0.15) is 0 Å². The fourth-order valence-corrected chi connectivity index (χ4v) is 1.67. The number of benzene rings is 1. The lowest BCUT2D eigenvalue weighted by molar-refractivity contribution is -0.125. The van der Waals surface area contributed by atoms with Crippen LogP contribution in [-0.2, 0) is 4.79 Å². The summed E-state index contributed by atoms with van der Waals surface area (Å²) >= 11 is 5.56. The van der Waals surface area contributed by atoms with Crippen LogP contribution in [0.2, 0.25) is 5.02 Å². The molecule has 1 aromatic carbocycles. The summed E-state index contributed by atoms with van der Waals surface area (Å²) in [5.74, 6) is -0.857. The summed E-state index contributed by atoms with van der Waals surface area (Å²) in [6, 6.07) is 4.05. The summed E-state index contributed by atoms with van der Waals surface area (Å²) in [4.78, 5) is 11.2. The minimum absolute atomic E-state index is 0. The normalized spacial score (nSPS) is 11.5. The number of primary amides is 1. The number of halogens is 3. The maximum atomic E-state index is 13.2. The van der Waals surface area contributed by atoms with Crippen molar-refractivity contribution in [3.05, 3.63) is 29.0 Å². The first-order chi connectivity index (χ1) is 8.54. The van der Waals surface area contributed by atoms with E-state index in [4.69, 9.17) is 22.1 Å². The SMILES string of the molecule is CCCCCC(Oc1ccc(Cl)c(F)c1)C(N)=O.Cl. The van der Waals surface area contributed by atoms with Crippen LogP contribution in [0.1, 0.15) is 32.6 Å². The lowest BCUT2D eigenvalue weighted by Gasteiger charge is -2.16. The van der Waals surface area contributed by atoms with Crippen LogP contribution in [0.3, 0.4) is 0 Å². The maximum Gasteiger partial charge on any atom is 0.258 e. The third-order valence-electron chi connectivity index (χ3n) is 2.56. The van der Waals surface area contributed by atoms with Gasteiger partial charge in [-0.15, -0.1) is 12.4 Å². The molecule has 0 aliphatic heterocycles. The van der Waals surface area contributed by atoms with Crippen LogP contribution < -0.4 is 10.5 Å². The number of hydrogen-bond acceptors (Lipinski definition) is 2. The third kappa shape index (κ3) is 6.12. The Morgan fingerprint density at radius 2 is 2.16 bits per heavy atom.